The normalized spacial score (nSPS) is 40.6. The first-order valence-corrected chi connectivity index (χ1v) is 35.8. The minimum atomic E-state index is -4.13. The summed E-state index contributed by atoms with van der Waals surface area (Å²) in [6, 6.07) is 3.13. The van der Waals surface area contributed by atoms with Gasteiger partial charge in [-0.1, -0.05) is 96.9 Å². The lowest BCUT2D eigenvalue weighted by Gasteiger charge is -2.64. The molecule has 0 saturated carbocycles. The van der Waals surface area contributed by atoms with Gasteiger partial charge in [0.1, 0.15) is 0 Å². The summed E-state index contributed by atoms with van der Waals surface area (Å²) in [5.74, 6) is 0.161. The Hall–Kier alpha value is 0.725. The second kappa shape index (κ2) is 16.6. The molecule has 14 nitrogen and oxygen atoms in total. The summed E-state index contributed by atoms with van der Waals surface area (Å²) in [7, 11) is -31.9. The van der Waals surface area contributed by atoms with Crippen molar-refractivity contribution < 1.29 is 58.9 Å². The molecule has 0 aromatic carbocycles. The van der Waals surface area contributed by atoms with E-state index in [4.69, 9.17) is 54.1 Å². The summed E-state index contributed by atoms with van der Waals surface area (Å²) >= 11 is 0. The lowest BCUT2D eigenvalue weighted by Crippen LogP contribution is -2.88. The van der Waals surface area contributed by atoms with Crippen LogP contribution in [-0.4, -0.2) is 83.0 Å². The number of rotatable bonds is 17. The fourth-order valence-electron chi connectivity index (χ4n) is 8.19. The van der Waals surface area contributed by atoms with Gasteiger partial charge in [0.05, 0.1) is 12.7 Å². The summed E-state index contributed by atoms with van der Waals surface area (Å²) in [6.07, 6.45) is 0. The number of carbonyl (C=O) groups excluding carboxylic acids is 1. The quantitative estimate of drug-likeness (QED) is 0.103. The number of ether oxygens (including phenoxy) is 1. The fraction of sp³-hybridized carbons (Fsp3) is 0.969. The first-order chi connectivity index (χ1) is 24.8. The van der Waals surface area contributed by atoms with E-state index in [2.05, 4.69) is 96.9 Å². The van der Waals surface area contributed by atoms with Gasteiger partial charge in [-0.2, -0.15) is 0 Å². The van der Waals surface area contributed by atoms with Gasteiger partial charge in [-0.05, 0) is 41.4 Å². The Morgan fingerprint density at radius 3 is 0.667 bits per heavy atom. The van der Waals surface area contributed by atoms with E-state index in [9.17, 15) is 4.79 Å². The van der Waals surface area contributed by atoms with E-state index < -0.39 is 76.4 Å². The van der Waals surface area contributed by atoms with E-state index in [0.717, 1.165) is 0 Å². The van der Waals surface area contributed by atoms with Crippen LogP contribution in [-0.2, 0) is 58.9 Å². The standard InChI is InChI=1S/C32H70O14Si8/c1-25(2)18-48-35-47(17-16-34-32(15)33)36-49(19-26(3)4)40-51(38-48,21-28(7)8)44-54(24-31(13)14)45-52(39-48,22-29(9)10)41-50(37-47,20-27(5)6)43-53(42-49,46-54)23-30(11)12/h25-31H,16-24H2,1-15H3. The maximum Gasteiger partial charge on any atom is 0.482 e. The van der Waals surface area contributed by atoms with Crippen LogP contribution in [0.25, 0.3) is 0 Å². The van der Waals surface area contributed by atoms with Crippen LogP contribution in [0, 0.1) is 41.4 Å². The zero-order valence-electron chi connectivity index (χ0n) is 35.6. The van der Waals surface area contributed by atoms with Crippen molar-refractivity contribution in [3.05, 3.63) is 0 Å². The summed E-state index contributed by atoms with van der Waals surface area (Å²) in [5, 5.41) is 0. The highest BCUT2D eigenvalue weighted by Crippen LogP contribution is 2.55. The molecule has 54 heavy (non-hydrogen) atoms. The minimum Gasteiger partial charge on any atom is -0.466 e. The van der Waals surface area contributed by atoms with Crippen molar-refractivity contribution in [3.8, 4) is 0 Å². The molecule has 6 aliphatic heterocycles. The number of carbonyl (C=O) groups is 1. The summed E-state index contributed by atoms with van der Waals surface area (Å²) in [6.45, 7) is 31.2. The van der Waals surface area contributed by atoms with Crippen molar-refractivity contribution in [2.24, 2.45) is 41.4 Å². The van der Waals surface area contributed by atoms with Gasteiger partial charge in [-0.25, -0.2) is 0 Å². The van der Waals surface area contributed by atoms with Gasteiger partial charge in [-0.15, -0.1) is 0 Å². The highest BCUT2D eigenvalue weighted by molar-refractivity contribution is 7.03. The van der Waals surface area contributed by atoms with Crippen molar-refractivity contribution in [1.82, 2.24) is 0 Å². The van der Waals surface area contributed by atoms with Crippen LogP contribution in [0.4, 0.5) is 0 Å². The van der Waals surface area contributed by atoms with Crippen molar-refractivity contribution in [2.75, 3.05) is 6.61 Å². The molecule has 314 valence electrons. The molecular formula is C32H70O14Si8. The molecule has 22 heteroatoms. The van der Waals surface area contributed by atoms with Gasteiger partial charge in [0, 0.05) is 49.2 Å². The third-order valence-corrected chi connectivity index (χ3v) is 48.9. The third-order valence-electron chi connectivity index (χ3n) is 9.05. The molecule has 6 aliphatic rings. The van der Waals surface area contributed by atoms with Crippen LogP contribution in [0.5, 0.6) is 0 Å². The monoisotopic (exact) mass is 902 g/mol. The first kappa shape index (κ1) is 45.8. The second-order valence-corrected chi connectivity index (χ2v) is 43.0. The molecule has 6 rings (SSSR count). The predicted octanol–water partition coefficient (Wildman–Crippen LogP) is 7.92. The lowest BCUT2D eigenvalue weighted by atomic mass is 10.3. The van der Waals surface area contributed by atoms with Gasteiger partial charge < -0.3 is 54.1 Å². The maximum atomic E-state index is 12.3. The zero-order chi connectivity index (χ0) is 40.2. The maximum absolute atomic E-state index is 12.3. The van der Waals surface area contributed by atoms with Gasteiger partial charge in [0.25, 0.3) is 0 Å². The number of esters is 1. The molecule has 6 saturated heterocycles. The van der Waals surface area contributed by atoms with E-state index in [-0.39, 0.29) is 54.1 Å². The second-order valence-electron chi connectivity index (χ2n) is 19.0. The van der Waals surface area contributed by atoms with Gasteiger partial charge in [-0.3, -0.25) is 4.79 Å². The molecule has 6 heterocycles. The molecule has 6 fully saturated rings. The molecule has 8 bridgehead atoms. The van der Waals surface area contributed by atoms with E-state index in [1.165, 1.54) is 6.92 Å². The van der Waals surface area contributed by atoms with E-state index in [1.807, 2.05) is 0 Å². The molecule has 0 aliphatic carbocycles. The molecule has 0 radical (unpaired) electrons. The van der Waals surface area contributed by atoms with E-state index in [1.54, 1.807) is 0 Å². The summed E-state index contributed by atoms with van der Waals surface area (Å²) in [5.41, 5.74) is 0. The average Bonchev–Trinajstić information content (AvgIpc) is 2.85. The van der Waals surface area contributed by atoms with Crippen LogP contribution in [0.15, 0.2) is 0 Å². The molecule has 0 unspecified atom stereocenters. The fourth-order valence-corrected chi connectivity index (χ4v) is 59.5. The number of hydrogen-bond acceptors (Lipinski definition) is 14. The Labute approximate surface area is 334 Å². The van der Waals surface area contributed by atoms with E-state index in [0.29, 0.717) is 42.3 Å². The molecular weight excluding hydrogens is 833 g/mol. The van der Waals surface area contributed by atoms with Crippen LogP contribution in [0.3, 0.4) is 0 Å². The molecule has 0 aromatic heterocycles. The van der Waals surface area contributed by atoms with Crippen molar-refractivity contribution in [3.63, 3.8) is 0 Å². The molecule has 0 atom stereocenters. The Bertz CT molecular complexity index is 1170. The zero-order valence-corrected chi connectivity index (χ0v) is 43.6. The lowest BCUT2D eigenvalue weighted by molar-refractivity contribution is -0.140. The van der Waals surface area contributed by atoms with Crippen LogP contribution in [0.2, 0.25) is 48.4 Å². The highest BCUT2D eigenvalue weighted by atomic mass is 28.6. The first-order valence-electron chi connectivity index (χ1n) is 20.4. The van der Waals surface area contributed by atoms with Gasteiger partial charge >= 0.3 is 76.4 Å². The average molecular weight is 904 g/mol. The van der Waals surface area contributed by atoms with Crippen molar-refractivity contribution in [1.29, 1.82) is 0 Å². The van der Waals surface area contributed by atoms with Crippen LogP contribution >= 0.6 is 0 Å². The molecule has 0 amide bonds. The predicted molar refractivity (Wildman–Crippen MR) is 218 cm³/mol. The molecule has 0 spiro atoms. The summed E-state index contributed by atoms with van der Waals surface area (Å²) in [4.78, 5) is 12.3. The van der Waals surface area contributed by atoms with Crippen LogP contribution < -0.4 is 0 Å². The van der Waals surface area contributed by atoms with Crippen molar-refractivity contribution in [2.45, 2.75) is 152 Å². The SMILES string of the molecule is CC(=O)OCC[Si]12O[Si]3(CC(C)C)O[Si]4(CC(C)C)O[Si](CC(C)C)(O1)O[Si]1(CC(C)C)O[Si](CC(C)C)(O2)O[Si](CC(C)C)(O3)O[Si](CC(C)C)(O4)O1. The molecule has 0 aromatic rings. The largest absolute Gasteiger partial charge is 0.482 e. The Morgan fingerprint density at radius 1 is 0.352 bits per heavy atom. The Balaban J connectivity index is 1.95. The minimum absolute atomic E-state index is 0.0162. The topological polar surface area (TPSA) is 137 Å². The molecule has 0 N–H and O–H groups in total. The smallest absolute Gasteiger partial charge is 0.466 e. The van der Waals surface area contributed by atoms with Crippen molar-refractivity contribution >= 4 is 76.4 Å². The van der Waals surface area contributed by atoms with Gasteiger partial charge in [0.2, 0.25) is 0 Å². The Morgan fingerprint density at radius 2 is 0.519 bits per heavy atom. The summed E-state index contributed by atoms with van der Waals surface area (Å²) < 4.78 is 97.7. The third kappa shape index (κ3) is 10.7. The van der Waals surface area contributed by atoms with E-state index >= 15 is 0 Å². The van der Waals surface area contributed by atoms with Crippen LogP contribution in [0.1, 0.15) is 104 Å². The Kier molecular flexibility index (Phi) is 14.1. The van der Waals surface area contributed by atoms with Gasteiger partial charge in [0.15, 0.2) is 0 Å². The highest BCUT2D eigenvalue weighted by Gasteiger charge is 2.83. The number of hydrogen-bond donors (Lipinski definition) is 0.